The summed E-state index contributed by atoms with van der Waals surface area (Å²) >= 11 is 0. The van der Waals surface area contributed by atoms with Crippen molar-refractivity contribution in [3.63, 3.8) is 0 Å². The monoisotopic (exact) mass is 363 g/mol. The van der Waals surface area contributed by atoms with Crippen LogP contribution in [0.15, 0.2) is 72.5 Å². The predicted molar refractivity (Wildman–Crippen MR) is 98.7 cm³/mol. The molecule has 136 valence electrons. The molecule has 2 N–H and O–H groups in total. The van der Waals surface area contributed by atoms with Crippen LogP contribution in [0.2, 0.25) is 0 Å². The molecule has 1 aliphatic rings. The van der Waals surface area contributed by atoms with E-state index in [0.717, 1.165) is 12.6 Å². The summed E-state index contributed by atoms with van der Waals surface area (Å²) in [7, 11) is 0. The minimum Gasteiger partial charge on any atom is -0.473 e. The molecule has 0 aromatic heterocycles. The second-order valence-electron chi connectivity index (χ2n) is 6.00. The van der Waals surface area contributed by atoms with Crippen molar-refractivity contribution in [1.29, 1.82) is 0 Å². The Hall–Kier alpha value is -3.67. The number of rotatable bonds is 7. The van der Waals surface area contributed by atoms with Gasteiger partial charge >= 0.3 is 0 Å². The molecule has 0 saturated heterocycles. The number of hydrogen-bond donors (Lipinski definition) is 1. The summed E-state index contributed by atoms with van der Waals surface area (Å²) in [5.74, 6) is 0.750. The van der Waals surface area contributed by atoms with E-state index in [4.69, 9.17) is 15.2 Å². The van der Waals surface area contributed by atoms with Gasteiger partial charge in [-0.3, -0.25) is 14.4 Å². The first-order chi connectivity index (χ1) is 13.0. The molecule has 27 heavy (non-hydrogen) atoms. The SMILES string of the molecule is NC(=O)C1(Oc2ccc(C=O)cc2)C=CC=C(Oc2ccc(C=O)cc2)C1. The molecule has 1 unspecified atom stereocenters. The van der Waals surface area contributed by atoms with Gasteiger partial charge in [0.2, 0.25) is 5.60 Å². The zero-order valence-corrected chi connectivity index (χ0v) is 14.3. The molecule has 0 saturated carbocycles. The van der Waals surface area contributed by atoms with Gasteiger partial charge in [0.1, 0.15) is 29.8 Å². The van der Waals surface area contributed by atoms with Gasteiger partial charge in [-0.1, -0.05) is 6.08 Å². The Balaban J connectivity index is 1.78. The highest BCUT2D eigenvalue weighted by Crippen LogP contribution is 2.31. The molecular formula is C21H17NO5. The molecule has 2 aromatic carbocycles. The largest absolute Gasteiger partial charge is 0.473 e. The van der Waals surface area contributed by atoms with Gasteiger partial charge in [0, 0.05) is 11.1 Å². The summed E-state index contributed by atoms with van der Waals surface area (Å²) in [5, 5.41) is 0. The standard InChI is InChI=1S/C21H17NO5/c22-20(25)21(27-18-9-5-16(14-24)6-10-18)11-1-2-19(12-21)26-17-7-3-15(13-23)4-8-17/h1-11,13-14H,12H2,(H2,22,25). The van der Waals surface area contributed by atoms with E-state index in [1.807, 2.05) is 0 Å². The van der Waals surface area contributed by atoms with E-state index in [2.05, 4.69) is 0 Å². The van der Waals surface area contributed by atoms with Gasteiger partial charge < -0.3 is 15.2 Å². The van der Waals surface area contributed by atoms with Crippen LogP contribution >= 0.6 is 0 Å². The van der Waals surface area contributed by atoms with Crippen molar-refractivity contribution in [2.24, 2.45) is 5.73 Å². The summed E-state index contributed by atoms with van der Waals surface area (Å²) in [5.41, 5.74) is 5.23. The smallest absolute Gasteiger partial charge is 0.266 e. The van der Waals surface area contributed by atoms with E-state index in [1.165, 1.54) is 0 Å². The maximum atomic E-state index is 12.2. The van der Waals surface area contributed by atoms with Crippen LogP contribution < -0.4 is 15.2 Å². The Bertz CT molecular complexity index is 913. The summed E-state index contributed by atoms with van der Waals surface area (Å²) in [4.78, 5) is 33.7. The lowest BCUT2D eigenvalue weighted by molar-refractivity contribution is -0.130. The van der Waals surface area contributed by atoms with Crippen molar-refractivity contribution in [3.8, 4) is 11.5 Å². The van der Waals surface area contributed by atoms with Crippen LogP contribution in [-0.2, 0) is 4.79 Å². The molecule has 0 fully saturated rings. The number of allylic oxidation sites excluding steroid dienone is 2. The van der Waals surface area contributed by atoms with Crippen molar-refractivity contribution in [2.75, 3.05) is 0 Å². The zero-order valence-electron chi connectivity index (χ0n) is 14.3. The molecule has 1 atom stereocenters. The quantitative estimate of drug-likeness (QED) is 0.763. The van der Waals surface area contributed by atoms with Gasteiger partial charge in [-0.2, -0.15) is 0 Å². The predicted octanol–water partition coefficient (Wildman–Crippen LogP) is 2.84. The lowest BCUT2D eigenvalue weighted by Gasteiger charge is -2.31. The Morgan fingerprint density at radius 1 is 0.926 bits per heavy atom. The number of ether oxygens (including phenoxy) is 2. The fourth-order valence-corrected chi connectivity index (χ4v) is 2.64. The van der Waals surface area contributed by atoms with Gasteiger partial charge in [-0.05, 0) is 60.7 Å². The number of aldehydes is 2. The topological polar surface area (TPSA) is 95.7 Å². The number of amides is 1. The van der Waals surface area contributed by atoms with E-state index in [-0.39, 0.29) is 6.42 Å². The molecule has 3 rings (SSSR count). The van der Waals surface area contributed by atoms with Crippen LogP contribution in [0.3, 0.4) is 0 Å². The molecule has 6 heteroatoms. The number of benzene rings is 2. The lowest BCUT2D eigenvalue weighted by atomic mass is 9.92. The third-order valence-electron chi connectivity index (χ3n) is 4.08. The molecule has 2 aromatic rings. The average Bonchev–Trinajstić information content (AvgIpc) is 2.69. The molecule has 6 nitrogen and oxygen atoms in total. The van der Waals surface area contributed by atoms with Crippen LogP contribution in [0.25, 0.3) is 0 Å². The van der Waals surface area contributed by atoms with Crippen LogP contribution in [0, 0.1) is 0 Å². The Labute approximate surface area is 155 Å². The molecule has 0 spiro atoms. The number of nitrogens with two attached hydrogens (primary N) is 1. The van der Waals surface area contributed by atoms with Crippen molar-refractivity contribution in [2.45, 2.75) is 12.0 Å². The molecule has 0 bridgehead atoms. The van der Waals surface area contributed by atoms with Gasteiger partial charge in [-0.15, -0.1) is 0 Å². The van der Waals surface area contributed by atoms with E-state index >= 15 is 0 Å². The van der Waals surface area contributed by atoms with Crippen molar-refractivity contribution < 1.29 is 23.9 Å². The highest BCUT2D eigenvalue weighted by Gasteiger charge is 2.39. The fraction of sp³-hybridized carbons (Fsp3) is 0.0952. The van der Waals surface area contributed by atoms with E-state index in [0.29, 0.717) is 28.4 Å². The van der Waals surface area contributed by atoms with Crippen LogP contribution in [0.5, 0.6) is 11.5 Å². The zero-order chi connectivity index (χ0) is 19.3. The first-order valence-corrected chi connectivity index (χ1v) is 8.20. The number of hydrogen-bond acceptors (Lipinski definition) is 5. The lowest BCUT2D eigenvalue weighted by Crippen LogP contribution is -2.48. The number of primary amides is 1. The molecule has 0 radical (unpaired) electrons. The minimum absolute atomic E-state index is 0.101. The summed E-state index contributed by atoms with van der Waals surface area (Å²) in [6.07, 6.45) is 6.50. The minimum atomic E-state index is -1.41. The highest BCUT2D eigenvalue weighted by molar-refractivity contribution is 5.87. The van der Waals surface area contributed by atoms with E-state index < -0.39 is 11.5 Å². The van der Waals surface area contributed by atoms with Gasteiger partial charge in [0.05, 0.1) is 6.42 Å². The maximum Gasteiger partial charge on any atom is 0.266 e. The van der Waals surface area contributed by atoms with Gasteiger partial charge in [0.15, 0.2) is 0 Å². The van der Waals surface area contributed by atoms with E-state index in [9.17, 15) is 14.4 Å². The van der Waals surface area contributed by atoms with Gasteiger partial charge in [-0.25, -0.2) is 0 Å². The van der Waals surface area contributed by atoms with Gasteiger partial charge in [0.25, 0.3) is 5.91 Å². The third-order valence-corrected chi connectivity index (χ3v) is 4.08. The molecule has 0 aliphatic heterocycles. The normalized spacial score (nSPS) is 18.3. The Morgan fingerprint density at radius 3 is 2.00 bits per heavy atom. The fourth-order valence-electron chi connectivity index (χ4n) is 2.64. The number of carbonyl (C=O) groups excluding carboxylic acids is 3. The van der Waals surface area contributed by atoms with Crippen LogP contribution in [0.4, 0.5) is 0 Å². The van der Waals surface area contributed by atoms with E-state index in [1.54, 1.807) is 66.8 Å². The molecule has 1 amide bonds. The third kappa shape index (κ3) is 4.12. The highest BCUT2D eigenvalue weighted by atomic mass is 16.5. The number of carbonyl (C=O) groups is 3. The van der Waals surface area contributed by atoms with Crippen molar-refractivity contribution in [1.82, 2.24) is 0 Å². The summed E-state index contributed by atoms with van der Waals surface area (Å²) in [6.45, 7) is 0. The Kier molecular flexibility index (Phi) is 5.17. The second kappa shape index (κ2) is 7.70. The molecular weight excluding hydrogens is 346 g/mol. The molecule has 1 aliphatic carbocycles. The summed E-state index contributed by atoms with van der Waals surface area (Å²) < 4.78 is 11.7. The van der Waals surface area contributed by atoms with Crippen molar-refractivity contribution >= 4 is 18.5 Å². The summed E-state index contributed by atoms with van der Waals surface area (Å²) in [6, 6.07) is 13.0. The Morgan fingerprint density at radius 2 is 1.48 bits per heavy atom. The molecule has 0 heterocycles. The second-order valence-corrected chi connectivity index (χ2v) is 6.00. The first-order valence-electron chi connectivity index (χ1n) is 8.20. The first kappa shape index (κ1) is 18.1. The average molecular weight is 363 g/mol. The van der Waals surface area contributed by atoms with Crippen LogP contribution in [0.1, 0.15) is 27.1 Å². The van der Waals surface area contributed by atoms with Crippen molar-refractivity contribution in [3.05, 3.63) is 83.6 Å². The maximum absolute atomic E-state index is 12.2. The van der Waals surface area contributed by atoms with Crippen LogP contribution in [-0.4, -0.2) is 24.1 Å².